The molecule has 4 rings (SSSR count). The van der Waals surface area contributed by atoms with Crippen LogP contribution in [0, 0.1) is 0 Å². The second kappa shape index (κ2) is 10.7. The van der Waals surface area contributed by atoms with Crippen molar-refractivity contribution in [2.45, 2.75) is 26.3 Å². The smallest absolute Gasteiger partial charge is 0.338 e. The van der Waals surface area contributed by atoms with E-state index in [-0.39, 0.29) is 18.2 Å². The van der Waals surface area contributed by atoms with E-state index in [1.807, 2.05) is 22.4 Å². The Bertz CT molecular complexity index is 1170. The fraction of sp³-hybridized carbons (Fsp3) is 0.440. The van der Waals surface area contributed by atoms with Gasteiger partial charge in [0.15, 0.2) is 16.7 Å². The summed E-state index contributed by atoms with van der Waals surface area (Å²) in [6.45, 7) is 5.32. The van der Waals surface area contributed by atoms with Crippen LogP contribution in [0.2, 0.25) is 0 Å². The number of nitrogens with zero attached hydrogens (tertiary/aromatic N) is 4. The number of aliphatic imine (C=N–C) groups is 1. The lowest BCUT2D eigenvalue weighted by Gasteiger charge is -2.38. The first-order chi connectivity index (χ1) is 17.3. The van der Waals surface area contributed by atoms with Crippen LogP contribution in [0.15, 0.2) is 45.6 Å². The molecule has 1 aromatic rings. The number of ether oxygens (including phenoxy) is 3. The third-order valence-electron chi connectivity index (χ3n) is 6.54. The number of hydrogen-bond acceptors (Lipinski definition) is 9. The predicted molar refractivity (Wildman–Crippen MR) is 135 cm³/mol. The van der Waals surface area contributed by atoms with Crippen molar-refractivity contribution in [3.8, 4) is 11.5 Å². The molecule has 0 bridgehead atoms. The van der Waals surface area contributed by atoms with Gasteiger partial charge in [-0.3, -0.25) is 9.59 Å². The Morgan fingerprint density at radius 1 is 1.06 bits per heavy atom. The van der Waals surface area contributed by atoms with Gasteiger partial charge in [-0.25, -0.2) is 9.79 Å². The molecule has 192 valence electrons. The Morgan fingerprint density at radius 3 is 2.36 bits per heavy atom. The molecule has 0 unspecified atom stereocenters. The van der Waals surface area contributed by atoms with Gasteiger partial charge in [-0.15, -0.1) is 0 Å². The predicted octanol–water partition coefficient (Wildman–Crippen LogP) is 2.53. The lowest BCUT2D eigenvalue weighted by molar-refractivity contribution is -0.138. The van der Waals surface area contributed by atoms with E-state index < -0.39 is 12.0 Å². The van der Waals surface area contributed by atoms with Crippen molar-refractivity contribution in [1.82, 2.24) is 14.7 Å². The molecule has 0 N–H and O–H groups in total. The number of carbonyl (C=O) groups excluding carboxylic acids is 3. The number of amides is 2. The van der Waals surface area contributed by atoms with Gasteiger partial charge in [-0.1, -0.05) is 23.9 Å². The number of piperazine rings is 1. The Morgan fingerprint density at radius 2 is 1.75 bits per heavy atom. The summed E-state index contributed by atoms with van der Waals surface area (Å²) in [7, 11) is 4.44. The molecule has 0 saturated carbocycles. The molecule has 3 aliphatic heterocycles. The minimum atomic E-state index is -0.626. The lowest BCUT2D eigenvalue weighted by Crippen LogP contribution is -2.50. The number of methoxy groups -OCH3 is 3. The van der Waals surface area contributed by atoms with Crippen LogP contribution in [0.25, 0.3) is 0 Å². The SMILES string of the molecule is COC(=O)C1=C(C)N=C2SC=C(CC(=O)N3CCN(C(C)=O)CC3)N2[C@H]1c1cccc(OC)c1OC. The van der Waals surface area contributed by atoms with E-state index in [0.29, 0.717) is 59.7 Å². The summed E-state index contributed by atoms with van der Waals surface area (Å²) < 4.78 is 16.3. The average molecular weight is 515 g/mol. The van der Waals surface area contributed by atoms with Crippen LogP contribution in [-0.4, -0.2) is 85.2 Å². The maximum atomic E-state index is 13.3. The summed E-state index contributed by atoms with van der Waals surface area (Å²) in [4.78, 5) is 48.0. The maximum Gasteiger partial charge on any atom is 0.338 e. The fourth-order valence-electron chi connectivity index (χ4n) is 4.70. The molecule has 3 aliphatic rings. The van der Waals surface area contributed by atoms with Crippen LogP contribution < -0.4 is 9.47 Å². The van der Waals surface area contributed by atoms with Gasteiger partial charge in [0.05, 0.1) is 45.1 Å². The number of para-hydroxylation sites is 1. The highest BCUT2D eigenvalue weighted by Gasteiger charge is 2.43. The van der Waals surface area contributed by atoms with Gasteiger partial charge >= 0.3 is 5.97 Å². The minimum Gasteiger partial charge on any atom is -0.493 e. The number of thioether (sulfide) groups is 1. The minimum absolute atomic E-state index is 0.0127. The fourth-order valence-corrected chi connectivity index (χ4v) is 5.66. The van der Waals surface area contributed by atoms with Crippen LogP contribution in [-0.2, 0) is 19.1 Å². The number of amidine groups is 1. The third-order valence-corrected chi connectivity index (χ3v) is 7.43. The number of esters is 1. The Kier molecular flexibility index (Phi) is 7.58. The molecule has 11 heteroatoms. The van der Waals surface area contributed by atoms with E-state index in [4.69, 9.17) is 14.2 Å². The largest absolute Gasteiger partial charge is 0.493 e. The summed E-state index contributed by atoms with van der Waals surface area (Å²) >= 11 is 1.41. The standard InChI is InChI=1S/C25H30N4O6S/c1-15-21(24(32)35-5)22(18-7-6-8-19(33-3)23(18)34-4)29-17(14-36-25(29)26-15)13-20(31)28-11-9-27(10-12-28)16(2)30/h6-8,14,22H,9-13H2,1-5H3/t22-/m0/s1. The molecule has 10 nitrogen and oxygen atoms in total. The lowest BCUT2D eigenvalue weighted by atomic mass is 9.92. The molecule has 0 radical (unpaired) electrons. The first-order valence-corrected chi connectivity index (χ1v) is 12.5. The van der Waals surface area contributed by atoms with Crippen molar-refractivity contribution >= 4 is 34.7 Å². The Labute approximate surface area is 214 Å². The Hall–Kier alpha value is -3.47. The number of allylic oxidation sites excluding steroid dienone is 1. The van der Waals surface area contributed by atoms with E-state index in [1.165, 1.54) is 25.8 Å². The molecule has 1 fully saturated rings. The zero-order valence-electron chi connectivity index (χ0n) is 21.1. The van der Waals surface area contributed by atoms with Gasteiger partial charge in [0, 0.05) is 44.4 Å². The molecule has 36 heavy (non-hydrogen) atoms. The molecule has 1 aromatic carbocycles. The van der Waals surface area contributed by atoms with Gasteiger partial charge in [0.1, 0.15) is 0 Å². The van der Waals surface area contributed by atoms with Crippen molar-refractivity contribution in [1.29, 1.82) is 0 Å². The zero-order chi connectivity index (χ0) is 26.0. The highest BCUT2D eigenvalue weighted by atomic mass is 32.2. The van der Waals surface area contributed by atoms with Crippen LogP contribution in [0.5, 0.6) is 11.5 Å². The van der Waals surface area contributed by atoms with Crippen molar-refractivity contribution in [2.75, 3.05) is 47.5 Å². The van der Waals surface area contributed by atoms with Crippen molar-refractivity contribution in [2.24, 2.45) is 4.99 Å². The first-order valence-electron chi connectivity index (χ1n) is 11.6. The van der Waals surface area contributed by atoms with Gasteiger partial charge in [0.2, 0.25) is 11.8 Å². The van der Waals surface area contributed by atoms with E-state index in [9.17, 15) is 14.4 Å². The molecular weight excluding hydrogens is 484 g/mol. The average Bonchev–Trinajstić information content (AvgIpc) is 3.28. The normalized spacial score (nSPS) is 19.5. The number of hydrogen-bond donors (Lipinski definition) is 0. The van der Waals surface area contributed by atoms with E-state index >= 15 is 0 Å². The number of benzene rings is 1. The summed E-state index contributed by atoms with van der Waals surface area (Å²) in [5, 5.41) is 2.56. The molecule has 0 spiro atoms. The number of rotatable bonds is 6. The van der Waals surface area contributed by atoms with Crippen LogP contribution in [0.4, 0.5) is 0 Å². The van der Waals surface area contributed by atoms with Crippen LogP contribution in [0.1, 0.15) is 31.9 Å². The maximum absolute atomic E-state index is 13.3. The van der Waals surface area contributed by atoms with E-state index in [1.54, 1.807) is 37.0 Å². The second-order valence-electron chi connectivity index (χ2n) is 8.53. The molecular formula is C25H30N4O6S. The highest BCUT2D eigenvalue weighted by molar-refractivity contribution is 8.16. The molecule has 1 atom stereocenters. The molecule has 0 aromatic heterocycles. The summed E-state index contributed by atoms with van der Waals surface area (Å²) in [5.41, 5.74) is 2.32. The molecule has 2 amide bonds. The quantitative estimate of drug-likeness (QED) is 0.534. The molecule has 3 heterocycles. The van der Waals surface area contributed by atoms with Crippen molar-refractivity contribution in [3.63, 3.8) is 0 Å². The summed E-state index contributed by atoms with van der Waals surface area (Å²) in [6, 6.07) is 4.86. The molecule has 1 saturated heterocycles. The monoisotopic (exact) mass is 514 g/mol. The molecule has 0 aliphatic carbocycles. The second-order valence-corrected chi connectivity index (χ2v) is 9.37. The van der Waals surface area contributed by atoms with E-state index in [0.717, 1.165) is 5.70 Å². The van der Waals surface area contributed by atoms with Gasteiger partial charge < -0.3 is 28.9 Å². The third kappa shape index (κ3) is 4.67. The Balaban J connectivity index is 1.68. The topological polar surface area (TPSA) is 101 Å². The zero-order valence-corrected chi connectivity index (χ0v) is 21.9. The van der Waals surface area contributed by atoms with Crippen molar-refractivity contribution < 1.29 is 28.6 Å². The summed E-state index contributed by atoms with van der Waals surface area (Å²) in [5.74, 6) is 0.474. The van der Waals surface area contributed by atoms with Crippen molar-refractivity contribution in [3.05, 3.63) is 46.1 Å². The number of fused-ring (bicyclic) bond motifs is 1. The number of carbonyl (C=O) groups is 3. The van der Waals surface area contributed by atoms with E-state index in [2.05, 4.69) is 4.99 Å². The van der Waals surface area contributed by atoms with Gasteiger partial charge in [0.25, 0.3) is 0 Å². The van der Waals surface area contributed by atoms with Gasteiger partial charge in [-0.2, -0.15) is 0 Å². The summed E-state index contributed by atoms with van der Waals surface area (Å²) in [6.07, 6.45) is 0.127. The van der Waals surface area contributed by atoms with Crippen LogP contribution >= 0.6 is 11.8 Å². The first kappa shape index (κ1) is 25.6. The van der Waals surface area contributed by atoms with Crippen LogP contribution in [0.3, 0.4) is 0 Å². The highest BCUT2D eigenvalue weighted by Crippen LogP contribution is 2.48. The van der Waals surface area contributed by atoms with Gasteiger partial charge in [-0.05, 0) is 18.4 Å².